The third-order valence-corrected chi connectivity index (χ3v) is 3.56. The zero-order chi connectivity index (χ0) is 14.7. The maximum absolute atomic E-state index is 11.9. The summed E-state index contributed by atoms with van der Waals surface area (Å²) >= 11 is 0. The normalized spacial score (nSPS) is 17.7. The number of nitrogens with two attached hydrogens (primary N) is 1. The lowest BCUT2D eigenvalue weighted by molar-refractivity contribution is -0.130. The second kappa shape index (κ2) is 10.8. The first-order valence-corrected chi connectivity index (χ1v) is 7.59. The molecule has 0 spiro atoms. The highest BCUT2D eigenvalue weighted by Crippen LogP contribution is 2.28. The number of carbonyl (C=O) groups is 1. The van der Waals surface area contributed by atoms with E-state index in [1.807, 2.05) is 13.8 Å². The van der Waals surface area contributed by atoms with E-state index < -0.39 is 0 Å². The van der Waals surface area contributed by atoms with Gasteiger partial charge in [0.15, 0.2) is 0 Å². The predicted molar refractivity (Wildman–Crippen MR) is 82.3 cm³/mol. The minimum Gasteiger partial charge on any atom is -0.390 e. The summed E-state index contributed by atoms with van der Waals surface area (Å²) in [7, 11) is 3.53. The molecule has 19 heavy (non-hydrogen) atoms. The summed E-state index contributed by atoms with van der Waals surface area (Å²) in [6, 6.07) is -0.281. The maximum atomic E-state index is 11.9. The van der Waals surface area contributed by atoms with E-state index in [-0.39, 0.29) is 11.9 Å². The van der Waals surface area contributed by atoms with Gasteiger partial charge in [-0.25, -0.2) is 0 Å². The number of hydrogen-bond donors (Lipinski definition) is 1. The van der Waals surface area contributed by atoms with Gasteiger partial charge in [0.2, 0.25) is 5.91 Å². The van der Waals surface area contributed by atoms with E-state index in [0.717, 1.165) is 18.8 Å². The fourth-order valence-corrected chi connectivity index (χ4v) is 2.53. The number of hydrogen-bond acceptors (Lipinski definition) is 2. The molecular weight excluding hydrogens is 238 g/mol. The Bertz CT molecular complexity index is 258. The van der Waals surface area contributed by atoms with Gasteiger partial charge in [-0.05, 0) is 18.8 Å². The third kappa shape index (κ3) is 7.19. The monoisotopic (exact) mass is 269 g/mol. The van der Waals surface area contributed by atoms with Crippen LogP contribution in [0.3, 0.4) is 0 Å². The van der Waals surface area contributed by atoms with Crippen LogP contribution in [0.25, 0.3) is 0 Å². The molecule has 1 rings (SSSR count). The Kier molecular flexibility index (Phi) is 10.2. The highest BCUT2D eigenvalue weighted by Gasteiger charge is 2.21. The average molecular weight is 269 g/mol. The Hall–Kier alpha value is -1.06. The minimum absolute atomic E-state index is 0.0579. The number of rotatable bonds is 5. The van der Waals surface area contributed by atoms with Crippen molar-refractivity contribution in [3.05, 3.63) is 0 Å². The highest BCUT2D eigenvalue weighted by atomic mass is 16.2. The van der Waals surface area contributed by atoms with E-state index in [1.54, 1.807) is 19.0 Å². The number of nitrogens with zero attached hydrogens (tertiary/aromatic N) is 2. The van der Waals surface area contributed by atoms with Gasteiger partial charge in [0.1, 0.15) is 6.04 Å². The number of amides is 1. The Morgan fingerprint density at radius 1 is 1.32 bits per heavy atom. The summed E-state index contributed by atoms with van der Waals surface area (Å²) < 4.78 is 0. The smallest absolute Gasteiger partial charge is 0.246 e. The first kappa shape index (κ1) is 17.9. The van der Waals surface area contributed by atoms with Crippen molar-refractivity contribution in [3.63, 3.8) is 0 Å². The van der Waals surface area contributed by atoms with E-state index in [4.69, 9.17) is 5.73 Å². The van der Waals surface area contributed by atoms with Gasteiger partial charge >= 0.3 is 0 Å². The van der Waals surface area contributed by atoms with Crippen molar-refractivity contribution < 1.29 is 4.79 Å². The Balaban J connectivity index is 0.00000154. The van der Waals surface area contributed by atoms with Crippen LogP contribution in [-0.2, 0) is 4.79 Å². The molecule has 1 amide bonds. The number of aliphatic imine (C=N–C) groups is 1. The molecule has 2 N–H and O–H groups in total. The van der Waals surface area contributed by atoms with E-state index in [9.17, 15) is 4.79 Å². The lowest BCUT2D eigenvalue weighted by atomic mass is 9.85. The maximum Gasteiger partial charge on any atom is 0.246 e. The van der Waals surface area contributed by atoms with Crippen LogP contribution in [0.4, 0.5) is 0 Å². The first-order chi connectivity index (χ1) is 9.15. The average Bonchev–Trinajstić information content (AvgIpc) is 2.46. The molecule has 4 heteroatoms. The molecule has 0 aromatic rings. The third-order valence-electron chi connectivity index (χ3n) is 3.56. The highest BCUT2D eigenvalue weighted by molar-refractivity contribution is 5.82. The molecule has 1 atom stereocenters. The number of likely N-dealkylation sites (N-methyl/N-ethyl adjacent to an activating group) is 1. The van der Waals surface area contributed by atoms with Crippen molar-refractivity contribution in [2.75, 3.05) is 14.1 Å². The molecule has 4 nitrogen and oxygen atoms in total. The van der Waals surface area contributed by atoms with Crippen LogP contribution >= 0.6 is 0 Å². The van der Waals surface area contributed by atoms with Crippen LogP contribution in [0.5, 0.6) is 0 Å². The van der Waals surface area contributed by atoms with Gasteiger partial charge in [-0.15, -0.1) is 0 Å². The Morgan fingerprint density at radius 2 is 1.89 bits per heavy atom. The van der Waals surface area contributed by atoms with Gasteiger partial charge in [0, 0.05) is 14.1 Å². The fraction of sp³-hybridized carbons (Fsp3) is 0.867. The van der Waals surface area contributed by atoms with Crippen molar-refractivity contribution >= 4 is 12.2 Å². The van der Waals surface area contributed by atoms with Crippen LogP contribution in [0.2, 0.25) is 0 Å². The van der Waals surface area contributed by atoms with E-state index in [1.165, 1.54) is 38.4 Å². The van der Waals surface area contributed by atoms with Gasteiger partial charge in [-0.2, -0.15) is 0 Å². The SMILES string of the molecule is CC.CN(C)C(=O)C(CCC1CCCCC1)N=CN. The first-order valence-electron chi connectivity index (χ1n) is 7.59. The molecule has 0 saturated heterocycles. The van der Waals surface area contributed by atoms with Gasteiger partial charge < -0.3 is 10.6 Å². The van der Waals surface area contributed by atoms with Crippen LogP contribution in [0.1, 0.15) is 58.8 Å². The molecule has 1 fully saturated rings. The minimum atomic E-state index is -0.281. The lowest BCUT2D eigenvalue weighted by Gasteiger charge is -2.23. The van der Waals surface area contributed by atoms with E-state index in [2.05, 4.69) is 4.99 Å². The van der Waals surface area contributed by atoms with Gasteiger partial charge in [-0.3, -0.25) is 9.79 Å². The molecule has 0 radical (unpaired) electrons. The number of carbonyl (C=O) groups excluding carboxylic acids is 1. The Morgan fingerprint density at radius 3 is 2.37 bits per heavy atom. The van der Waals surface area contributed by atoms with E-state index >= 15 is 0 Å². The zero-order valence-electron chi connectivity index (χ0n) is 13.1. The summed E-state index contributed by atoms with van der Waals surface area (Å²) in [6.07, 6.45) is 9.88. The summed E-state index contributed by atoms with van der Waals surface area (Å²) in [5.41, 5.74) is 5.31. The van der Waals surface area contributed by atoms with Gasteiger partial charge in [0.05, 0.1) is 6.34 Å². The molecule has 1 saturated carbocycles. The van der Waals surface area contributed by atoms with Crippen molar-refractivity contribution in [1.29, 1.82) is 0 Å². The standard InChI is InChI=1S/C13H25N3O.C2H6/c1-16(2)13(17)12(15-10-14)9-8-11-6-4-3-5-7-11;1-2/h10-12H,3-9H2,1-2H3,(H2,14,15);1-2H3. The van der Waals surface area contributed by atoms with Crippen molar-refractivity contribution in [1.82, 2.24) is 4.90 Å². The second-order valence-corrected chi connectivity index (χ2v) is 5.13. The molecule has 1 aliphatic rings. The van der Waals surface area contributed by atoms with Crippen molar-refractivity contribution in [2.24, 2.45) is 16.6 Å². The van der Waals surface area contributed by atoms with Crippen LogP contribution in [0.15, 0.2) is 4.99 Å². The molecule has 0 bridgehead atoms. The molecule has 1 aliphatic carbocycles. The molecule has 0 aromatic heterocycles. The summed E-state index contributed by atoms with van der Waals surface area (Å²) in [5.74, 6) is 0.844. The van der Waals surface area contributed by atoms with Crippen LogP contribution in [0, 0.1) is 5.92 Å². The molecule has 0 aromatic carbocycles. The summed E-state index contributed by atoms with van der Waals surface area (Å²) in [6.45, 7) is 4.00. The lowest BCUT2D eigenvalue weighted by Crippen LogP contribution is -2.33. The van der Waals surface area contributed by atoms with Crippen molar-refractivity contribution in [3.8, 4) is 0 Å². The zero-order valence-corrected chi connectivity index (χ0v) is 13.1. The Labute approximate surface area is 118 Å². The molecule has 0 aliphatic heterocycles. The fourth-order valence-electron chi connectivity index (χ4n) is 2.53. The van der Waals surface area contributed by atoms with Crippen LogP contribution in [-0.4, -0.2) is 37.3 Å². The van der Waals surface area contributed by atoms with Crippen LogP contribution < -0.4 is 5.73 Å². The second-order valence-electron chi connectivity index (χ2n) is 5.13. The topological polar surface area (TPSA) is 58.7 Å². The van der Waals surface area contributed by atoms with E-state index in [0.29, 0.717) is 0 Å². The summed E-state index contributed by atoms with van der Waals surface area (Å²) in [4.78, 5) is 17.5. The largest absolute Gasteiger partial charge is 0.390 e. The predicted octanol–water partition coefficient (Wildman–Crippen LogP) is 2.82. The van der Waals surface area contributed by atoms with Gasteiger partial charge in [0.25, 0.3) is 0 Å². The van der Waals surface area contributed by atoms with Gasteiger partial charge in [-0.1, -0.05) is 46.0 Å². The quantitative estimate of drug-likeness (QED) is 0.616. The molecule has 112 valence electrons. The summed E-state index contributed by atoms with van der Waals surface area (Å²) in [5, 5.41) is 0. The molecule has 0 heterocycles. The molecular formula is C15H31N3O. The van der Waals surface area contributed by atoms with Crippen molar-refractivity contribution in [2.45, 2.75) is 64.8 Å². The molecule has 1 unspecified atom stereocenters.